The lowest BCUT2D eigenvalue weighted by atomic mass is 10.2. The number of methoxy groups -OCH3 is 1. The first-order chi connectivity index (χ1) is 14.1. The second-order valence-electron chi connectivity index (χ2n) is 5.60. The van der Waals surface area contributed by atoms with Crippen LogP contribution in [0.3, 0.4) is 0 Å². The van der Waals surface area contributed by atoms with Crippen LogP contribution in [-0.2, 0) is 4.74 Å². The number of thiocarbonyl (C=S) groups is 1. The Balaban J connectivity index is 1.91. The quantitative estimate of drug-likeness (QED) is 0.344. The third kappa shape index (κ3) is 6.74. The molecule has 0 heterocycles. The van der Waals surface area contributed by atoms with Gasteiger partial charge in [-0.3, -0.25) is 25.8 Å². The number of hydrazine groups is 1. The Bertz CT molecular complexity index is 860. The van der Waals surface area contributed by atoms with E-state index < -0.39 is 11.8 Å². The molecule has 8 nitrogen and oxygen atoms in total. The van der Waals surface area contributed by atoms with E-state index >= 15 is 0 Å². The van der Waals surface area contributed by atoms with Gasteiger partial charge in [0.25, 0.3) is 11.8 Å². The van der Waals surface area contributed by atoms with Crippen LogP contribution in [0.4, 0.5) is 0 Å². The van der Waals surface area contributed by atoms with Crippen molar-refractivity contribution in [3.05, 3.63) is 59.7 Å². The van der Waals surface area contributed by atoms with Crippen molar-refractivity contribution in [1.29, 1.82) is 0 Å². The van der Waals surface area contributed by atoms with E-state index in [1.807, 2.05) is 6.92 Å². The van der Waals surface area contributed by atoms with Crippen LogP contribution in [0.1, 0.15) is 27.6 Å². The molecule has 0 atom stereocenters. The molecule has 0 saturated heterocycles. The molecule has 0 aromatic heterocycles. The van der Waals surface area contributed by atoms with Crippen LogP contribution in [0, 0.1) is 0 Å². The van der Waals surface area contributed by atoms with Gasteiger partial charge in [-0.15, -0.1) is 0 Å². The summed E-state index contributed by atoms with van der Waals surface area (Å²) < 4.78 is 16.0. The van der Waals surface area contributed by atoms with Crippen LogP contribution in [0.25, 0.3) is 0 Å². The lowest BCUT2D eigenvalue weighted by Crippen LogP contribution is -2.48. The van der Waals surface area contributed by atoms with Gasteiger partial charge >= 0.3 is 0 Å². The smallest absolute Gasteiger partial charge is 0.273 e. The first kappa shape index (κ1) is 22.1. The number of carbonyl (C=O) groups excluding carboxylic acids is 2. The predicted molar refractivity (Wildman–Crippen MR) is 112 cm³/mol. The minimum absolute atomic E-state index is 0.0673. The summed E-state index contributed by atoms with van der Waals surface area (Å²) in [6.45, 7) is 3.21. The van der Waals surface area contributed by atoms with Gasteiger partial charge in [0.1, 0.15) is 18.1 Å². The van der Waals surface area contributed by atoms with Gasteiger partial charge < -0.3 is 14.2 Å². The maximum absolute atomic E-state index is 12.5. The molecule has 0 unspecified atom stereocenters. The molecule has 0 radical (unpaired) electrons. The Morgan fingerprint density at radius 2 is 1.52 bits per heavy atom. The molecule has 0 spiro atoms. The summed E-state index contributed by atoms with van der Waals surface area (Å²) in [5.74, 6) is -0.106. The van der Waals surface area contributed by atoms with E-state index in [0.717, 1.165) is 0 Å². The Kier molecular flexibility index (Phi) is 8.87. The van der Waals surface area contributed by atoms with Crippen molar-refractivity contribution in [2.24, 2.45) is 0 Å². The second-order valence-corrected chi connectivity index (χ2v) is 6.01. The molecule has 0 saturated carbocycles. The van der Waals surface area contributed by atoms with E-state index in [9.17, 15) is 9.59 Å². The van der Waals surface area contributed by atoms with E-state index in [0.29, 0.717) is 42.4 Å². The standard InChI is InChI=1S/C20H23N3O5S/c1-3-27-12-13-28-17-11-7-5-9-15(17)18(24)21-20(29)23-22-19(25)14-8-4-6-10-16(14)26-2/h4-11H,3,12-13H2,1-2H3,(H,22,25)(H2,21,23,24,29). The molecule has 29 heavy (non-hydrogen) atoms. The predicted octanol–water partition coefficient (Wildman–Crippen LogP) is 2.06. The van der Waals surface area contributed by atoms with Gasteiger partial charge in [0.2, 0.25) is 0 Å². The molecule has 2 aromatic carbocycles. The van der Waals surface area contributed by atoms with Crippen LogP contribution < -0.4 is 25.6 Å². The summed E-state index contributed by atoms with van der Waals surface area (Å²) in [4.78, 5) is 24.7. The number of carbonyl (C=O) groups is 2. The van der Waals surface area contributed by atoms with Gasteiger partial charge in [0, 0.05) is 6.61 Å². The maximum atomic E-state index is 12.5. The number of nitrogens with one attached hydrogen (secondary N) is 3. The van der Waals surface area contributed by atoms with Gasteiger partial charge in [-0.25, -0.2) is 0 Å². The van der Waals surface area contributed by atoms with Crippen molar-refractivity contribution in [2.45, 2.75) is 6.92 Å². The summed E-state index contributed by atoms with van der Waals surface area (Å²) in [5.41, 5.74) is 5.55. The number of ether oxygens (including phenoxy) is 3. The zero-order chi connectivity index (χ0) is 21.1. The van der Waals surface area contributed by atoms with Crippen molar-refractivity contribution < 1.29 is 23.8 Å². The number of hydrogen-bond acceptors (Lipinski definition) is 6. The number of benzene rings is 2. The highest BCUT2D eigenvalue weighted by Gasteiger charge is 2.15. The number of rotatable bonds is 8. The van der Waals surface area contributed by atoms with Gasteiger partial charge in [0.05, 0.1) is 24.8 Å². The van der Waals surface area contributed by atoms with Crippen molar-refractivity contribution in [2.75, 3.05) is 26.9 Å². The molecule has 2 amide bonds. The van der Waals surface area contributed by atoms with Gasteiger partial charge in [-0.1, -0.05) is 24.3 Å². The minimum atomic E-state index is -0.471. The molecule has 2 rings (SSSR count). The molecule has 0 bridgehead atoms. The molecule has 9 heteroatoms. The molecule has 2 aromatic rings. The highest BCUT2D eigenvalue weighted by molar-refractivity contribution is 7.80. The van der Waals surface area contributed by atoms with Crippen LogP contribution in [-0.4, -0.2) is 43.9 Å². The number of amides is 2. The highest BCUT2D eigenvalue weighted by atomic mass is 32.1. The average Bonchev–Trinajstić information content (AvgIpc) is 2.75. The Morgan fingerprint density at radius 3 is 2.17 bits per heavy atom. The Morgan fingerprint density at radius 1 is 0.897 bits per heavy atom. The monoisotopic (exact) mass is 417 g/mol. The van der Waals surface area contributed by atoms with E-state index in [4.69, 9.17) is 26.4 Å². The highest BCUT2D eigenvalue weighted by Crippen LogP contribution is 2.18. The SMILES string of the molecule is CCOCCOc1ccccc1C(=O)NC(=S)NNC(=O)c1ccccc1OC. The zero-order valence-electron chi connectivity index (χ0n) is 16.2. The zero-order valence-corrected chi connectivity index (χ0v) is 17.0. The maximum Gasteiger partial charge on any atom is 0.273 e. The third-order valence-electron chi connectivity index (χ3n) is 3.69. The van der Waals surface area contributed by atoms with Gasteiger partial charge in [-0.05, 0) is 43.4 Å². The van der Waals surface area contributed by atoms with Crippen molar-refractivity contribution in [3.8, 4) is 11.5 Å². The van der Waals surface area contributed by atoms with Crippen LogP contribution >= 0.6 is 12.2 Å². The largest absolute Gasteiger partial charge is 0.496 e. The summed E-state index contributed by atoms with van der Waals surface area (Å²) in [5, 5.41) is 2.43. The molecule has 0 aliphatic rings. The van der Waals surface area contributed by atoms with Gasteiger partial charge in [-0.2, -0.15) is 0 Å². The molecule has 0 aliphatic carbocycles. The summed E-state index contributed by atoms with van der Waals surface area (Å²) in [7, 11) is 1.47. The van der Waals surface area contributed by atoms with Crippen molar-refractivity contribution in [1.82, 2.24) is 16.2 Å². The second kappa shape index (κ2) is 11.6. The van der Waals surface area contributed by atoms with Crippen LogP contribution in [0.15, 0.2) is 48.5 Å². The number of para-hydroxylation sites is 2. The fourth-order valence-electron chi connectivity index (χ4n) is 2.35. The lowest BCUT2D eigenvalue weighted by Gasteiger charge is -2.14. The molecule has 3 N–H and O–H groups in total. The molecule has 154 valence electrons. The first-order valence-electron chi connectivity index (χ1n) is 8.91. The normalized spacial score (nSPS) is 10.0. The van der Waals surface area contributed by atoms with E-state index in [1.54, 1.807) is 48.5 Å². The molecule has 0 fully saturated rings. The fourth-order valence-corrected chi connectivity index (χ4v) is 2.49. The number of hydrogen-bond donors (Lipinski definition) is 3. The molecular formula is C20H23N3O5S. The van der Waals surface area contributed by atoms with E-state index in [-0.39, 0.29) is 5.11 Å². The fraction of sp³-hybridized carbons (Fsp3) is 0.250. The summed E-state index contributed by atoms with van der Waals surface area (Å²) in [6, 6.07) is 13.5. The van der Waals surface area contributed by atoms with E-state index in [1.165, 1.54) is 7.11 Å². The topological polar surface area (TPSA) is 97.9 Å². The van der Waals surface area contributed by atoms with E-state index in [2.05, 4.69) is 16.2 Å². The Hall–Kier alpha value is -3.17. The van der Waals surface area contributed by atoms with Crippen LogP contribution in [0.5, 0.6) is 11.5 Å². The molecule has 0 aliphatic heterocycles. The van der Waals surface area contributed by atoms with Gasteiger partial charge in [0.15, 0.2) is 5.11 Å². The third-order valence-corrected chi connectivity index (χ3v) is 3.89. The summed E-state index contributed by atoms with van der Waals surface area (Å²) >= 11 is 5.08. The van der Waals surface area contributed by atoms with Crippen LogP contribution in [0.2, 0.25) is 0 Å². The van der Waals surface area contributed by atoms with Crippen molar-refractivity contribution in [3.63, 3.8) is 0 Å². The average molecular weight is 417 g/mol. The molecular weight excluding hydrogens is 394 g/mol. The minimum Gasteiger partial charge on any atom is -0.496 e. The lowest BCUT2D eigenvalue weighted by molar-refractivity contribution is 0.0928. The Labute approximate surface area is 174 Å². The van der Waals surface area contributed by atoms with Crippen molar-refractivity contribution >= 4 is 29.1 Å². The summed E-state index contributed by atoms with van der Waals surface area (Å²) in [6.07, 6.45) is 0. The first-order valence-corrected chi connectivity index (χ1v) is 9.31.